The van der Waals surface area contributed by atoms with E-state index in [1.165, 1.54) is 0 Å². The van der Waals surface area contributed by atoms with Crippen LogP contribution < -0.4 is 4.74 Å². The van der Waals surface area contributed by atoms with Crippen molar-refractivity contribution >= 4 is 24.1 Å². The van der Waals surface area contributed by atoms with Gasteiger partial charge >= 0.3 is 0 Å². The van der Waals surface area contributed by atoms with Crippen LogP contribution in [0.25, 0.3) is 12.2 Å². The molecule has 2 aromatic heterocycles. The number of pyridine rings is 1. The van der Waals surface area contributed by atoms with E-state index in [0.717, 1.165) is 22.7 Å². The molecule has 1 aromatic carbocycles. The molecule has 0 atom stereocenters. The Labute approximate surface area is 140 Å². The number of aliphatic imine (C=N–C) groups is 1. The van der Waals surface area contributed by atoms with E-state index in [2.05, 4.69) is 15.1 Å². The van der Waals surface area contributed by atoms with Crippen molar-refractivity contribution in [3.63, 3.8) is 0 Å². The highest BCUT2D eigenvalue weighted by Crippen LogP contribution is 2.26. The summed E-state index contributed by atoms with van der Waals surface area (Å²) in [6.45, 7) is 1.86. The standard InChI is InChI=1S/C19H17N3O2/c1-14-19(21-13-15-7-3-4-9-17(15)23-2)18(24-22-14)11-10-16-8-5-6-12-20-16/h3-13H,1-2H3/b11-10+,21-13?. The fourth-order valence-corrected chi connectivity index (χ4v) is 2.19. The Kier molecular flexibility index (Phi) is 4.81. The third-order valence-electron chi connectivity index (χ3n) is 3.42. The first kappa shape index (κ1) is 15.7. The lowest BCUT2D eigenvalue weighted by molar-refractivity contribution is 0.408. The maximum atomic E-state index is 5.35. The van der Waals surface area contributed by atoms with Crippen molar-refractivity contribution in [1.82, 2.24) is 10.1 Å². The predicted molar refractivity (Wildman–Crippen MR) is 94.7 cm³/mol. The van der Waals surface area contributed by atoms with E-state index in [0.29, 0.717) is 11.4 Å². The molecule has 0 saturated carbocycles. The second-order valence-electron chi connectivity index (χ2n) is 5.07. The van der Waals surface area contributed by atoms with Crippen LogP contribution in [0.2, 0.25) is 0 Å². The Morgan fingerprint density at radius 1 is 1.08 bits per heavy atom. The average Bonchev–Trinajstić information content (AvgIpc) is 2.99. The van der Waals surface area contributed by atoms with Crippen LogP contribution in [0.3, 0.4) is 0 Å². The SMILES string of the molecule is COc1ccccc1C=Nc1c(C)noc1/C=C/c1ccccn1. The van der Waals surface area contributed by atoms with Gasteiger partial charge in [-0.15, -0.1) is 0 Å². The third kappa shape index (κ3) is 3.57. The van der Waals surface area contributed by atoms with Gasteiger partial charge in [-0.2, -0.15) is 0 Å². The van der Waals surface area contributed by atoms with Crippen LogP contribution in [0, 0.1) is 6.92 Å². The smallest absolute Gasteiger partial charge is 0.185 e. The highest BCUT2D eigenvalue weighted by atomic mass is 16.5. The molecule has 0 unspecified atom stereocenters. The minimum atomic E-state index is 0.587. The van der Waals surface area contributed by atoms with Crippen LogP contribution in [0.5, 0.6) is 5.75 Å². The monoisotopic (exact) mass is 319 g/mol. The van der Waals surface area contributed by atoms with Gasteiger partial charge in [0.25, 0.3) is 0 Å². The van der Waals surface area contributed by atoms with E-state index in [-0.39, 0.29) is 0 Å². The van der Waals surface area contributed by atoms with Crippen molar-refractivity contribution < 1.29 is 9.26 Å². The van der Waals surface area contributed by atoms with E-state index in [1.54, 1.807) is 19.5 Å². The Morgan fingerprint density at radius 3 is 2.71 bits per heavy atom. The van der Waals surface area contributed by atoms with Crippen LogP contribution in [-0.4, -0.2) is 23.5 Å². The molecule has 0 aliphatic heterocycles. The zero-order valence-electron chi connectivity index (χ0n) is 13.5. The van der Waals surface area contributed by atoms with E-state index in [9.17, 15) is 0 Å². The predicted octanol–water partition coefficient (Wildman–Crippen LogP) is 4.31. The molecular formula is C19H17N3O2. The zero-order chi connectivity index (χ0) is 16.8. The van der Waals surface area contributed by atoms with Crippen LogP contribution >= 0.6 is 0 Å². The lowest BCUT2D eigenvalue weighted by Crippen LogP contribution is -1.89. The molecule has 3 aromatic rings. The number of ether oxygens (including phenoxy) is 1. The molecule has 3 rings (SSSR count). The molecule has 120 valence electrons. The molecule has 5 heteroatoms. The van der Waals surface area contributed by atoms with Gasteiger partial charge < -0.3 is 9.26 Å². The van der Waals surface area contributed by atoms with Crippen molar-refractivity contribution in [3.8, 4) is 5.75 Å². The van der Waals surface area contributed by atoms with Gasteiger partial charge in [-0.05, 0) is 43.3 Å². The van der Waals surface area contributed by atoms with Gasteiger partial charge in [-0.1, -0.05) is 23.4 Å². The summed E-state index contributed by atoms with van der Waals surface area (Å²) in [6.07, 6.45) is 7.17. The Morgan fingerprint density at radius 2 is 1.92 bits per heavy atom. The van der Waals surface area contributed by atoms with Crippen molar-refractivity contribution in [2.24, 2.45) is 4.99 Å². The van der Waals surface area contributed by atoms with Crippen molar-refractivity contribution in [2.75, 3.05) is 7.11 Å². The summed E-state index contributed by atoms with van der Waals surface area (Å²) >= 11 is 0. The molecule has 2 heterocycles. The summed E-state index contributed by atoms with van der Waals surface area (Å²) in [6, 6.07) is 13.4. The third-order valence-corrected chi connectivity index (χ3v) is 3.42. The molecule has 0 fully saturated rings. The molecule has 0 aliphatic rings. The van der Waals surface area contributed by atoms with E-state index >= 15 is 0 Å². The topological polar surface area (TPSA) is 60.5 Å². The first-order valence-corrected chi connectivity index (χ1v) is 7.50. The Balaban J connectivity index is 1.88. The van der Waals surface area contributed by atoms with Gasteiger partial charge in [-0.3, -0.25) is 9.98 Å². The quantitative estimate of drug-likeness (QED) is 0.658. The number of nitrogens with zero attached hydrogens (tertiary/aromatic N) is 3. The molecule has 0 aliphatic carbocycles. The fraction of sp³-hybridized carbons (Fsp3) is 0.105. The number of rotatable bonds is 5. The summed E-state index contributed by atoms with van der Waals surface area (Å²) in [5.41, 5.74) is 3.14. The number of hydrogen-bond acceptors (Lipinski definition) is 5. The maximum absolute atomic E-state index is 5.35. The average molecular weight is 319 g/mol. The molecular weight excluding hydrogens is 302 g/mol. The van der Waals surface area contributed by atoms with Gasteiger partial charge in [0.15, 0.2) is 5.76 Å². The number of aryl methyl sites for hydroxylation is 1. The zero-order valence-corrected chi connectivity index (χ0v) is 13.5. The largest absolute Gasteiger partial charge is 0.496 e. The van der Waals surface area contributed by atoms with Crippen LogP contribution in [0.1, 0.15) is 22.7 Å². The number of para-hydroxylation sites is 1. The lowest BCUT2D eigenvalue weighted by atomic mass is 10.2. The first-order chi connectivity index (χ1) is 11.8. The van der Waals surface area contributed by atoms with E-state index in [1.807, 2.05) is 61.5 Å². The molecule has 0 spiro atoms. The number of benzene rings is 1. The number of methoxy groups -OCH3 is 1. The van der Waals surface area contributed by atoms with Crippen LogP contribution in [0.15, 0.2) is 58.2 Å². The summed E-state index contributed by atoms with van der Waals surface area (Å²) in [4.78, 5) is 8.77. The summed E-state index contributed by atoms with van der Waals surface area (Å²) in [5.74, 6) is 1.35. The summed E-state index contributed by atoms with van der Waals surface area (Å²) in [5, 5.41) is 3.99. The molecule has 0 saturated heterocycles. The molecule has 0 N–H and O–H groups in total. The molecule has 0 bridgehead atoms. The fourth-order valence-electron chi connectivity index (χ4n) is 2.19. The second kappa shape index (κ2) is 7.37. The Hall–Kier alpha value is -3.21. The van der Waals surface area contributed by atoms with Crippen molar-refractivity contribution in [1.29, 1.82) is 0 Å². The highest BCUT2D eigenvalue weighted by molar-refractivity contribution is 5.86. The van der Waals surface area contributed by atoms with Crippen LogP contribution in [0.4, 0.5) is 5.69 Å². The second-order valence-corrected chi connectivity index (χ2v) is 5.07. The summed E-state index contributed by atoms with van der Waals surface area (Å²) in [7, 11) is 1.64. The number of aromatic nitrogens is 2. The molecule has 5 nitrogen and oxygen atoms in total. The van der Waals surface area contributed by atoms with E-state index < -0.39 is 0 Å². The molecule has 0 radical (unpaired) electrons. The molecule has 0 amide bonds. The van der Waals surface area contributed by atoms with Gasteiger partial charge in [0.2, 0.25) is 0 Å². The van der Waals surface area contributed by atoms with Gasteiger partial charge in [0.05, 0.1) is 12.8 Å². The van der Waals surface area contributed by atoms with E-state index in [4.69, 9.17) is 9.26 Å². The van der Waals surface area contributed by atoms with Gasteiger partial charge in [-0.25, -0.2) is 0 Å². The normalized spacial score (nSPS) is 11.4. The van der Waals surface area contributed by atoms with Crippen molar-refractivity contribution in [3.05, 3.63) is 71.4 Å². The minimum absolute atomic E-state index is 0.587. The summed E-state index contributed by atoms with van der Waals surface area (Å²) < 4.78 is 10.7. The van der Waals surface area contributed by atoms with Gasteiger partial charge in [0.1, 0.15) is 17.1 Å². The highest BCUT2D eigenvalue weighted by Gasteiger charge is 2.09. The number of hydrogen-bond donors (Lipinski definition) is 0. The Bertz CT molecular complexity index is 867. The minimum Gasteiger partial charge on any atom is -0.496 e. The lowest BCUT2D eigenvalue weighted by Gasteiger charge is -2.02. The van der Waals surface area contributed by atoms with Crippen molar-refractivity contribution in [2.45, 2.75) is 6.92 Å². The first-order valence-electron chi connectivity index (χ1n) is 7.50. The van der Waals surface area contributed by atoms with Crippen LogP contribution in [-0.2, 0) is 0 Å². The molecule has 24 heavy (non-hydrogen) atoms. The maximum Gasteiger partial charge on any atom is 0.185 e. The van der Waals surface area contributed by atoms with Gasteiger partial charge in [0, 0.05) is 18.0 Å².